The van der Waals surface area contributed by atoms with Gasteiger partial charge in [0.2, 0.25) is 0 Å². The van der Waals surface area contributed by atoms with E-state index in [9.17, 15) is 9.59 Å². The third-order valence-corrected chi connectivity index (χ3v) is 8.14. The molecule has 180 valence electrons. The molecule has 2 aliphatic heterocycles. The molecule has 0 atom stereocenters. The molecule has 6 nitrogen and oxygen atoms in total. The van der Waals surface area contributed by atoms with Gasteiger partial charge < -0.3 is 14.8 Å². The summed E-state index contributed by atoms with van der Waals surface area (Å²) in [4.78, 5) is 37.7. The topological polar surface area (TPSA) is 69.3 Å². The average molecular weight is 495 g/mol. The van der Waals surface area contributed by atoms with Crippen molar-refractivity contribution < 1.29 is 9.59 Å². The summed E-state index contributed by atoms with van der Waals surface area (Å²) < 4.78 is 0. The summed E-state index contributed by atoms with van der Waals surface area (Å²) in [6, 6.07) is 17.9. The molecule has 2 amide bonds. The molecule has 1 N–H and O–H groups in total. The van der Waals surface area contributed by atoms with Gasteiger partial charge in [0.05, 0.1) is 11.6 Å². The molecule has 0 saturated carbocycles. The number of aromatic amines is 1. The quantitative estimate of drug-likeness (QED) is 0.415. The Morgan fingerprint density at radius 3 is 2.58 bits per heavy atom. The van der Waals surface area contributed by atoms with E-state index in [1.165, 1.54) is 10.9 Å². The SMILES string of the molecule is O=C(C#Cc1ccccc1)N1CCC(c2nc(C(=O)N3CCc4c([nH]c5ccccc45)C3)cs2)CC1. The first-order valence-electron chi connectivity index (χ1n) is 12.3. The van der Waals surface area contributed by atoms with Gasteiger partial charge in [0, 0.05) is 59.0 Å². The highest BCUT2D eigenvalue weighted by atomic mass is 32.1. The van der Waals surface area contributed by atoms with Gasteiger partial charge in [-0.25, -0.2) is 4.98 Å². The second-order valence-corrected chi connectivity index (χ2v) is 10.2. The summed E-state index contributed by atoms with van der Waals surface area (Å²) in [5.74, 6) is 5.84. The minimum Gasteiger partial charge on any atom is -0.357 e. The van der Waals surface area contributed by atoms with E-state index in [4.69, 9.17) is 4.98 Å². The third-order valence-electron chi connectivity index (χ3n) is 7.13. The van der Waals surface area contributed by atoms with Crippen LogP contribution in [0.3, 0.4) is 0 Å². The number of aromatic nitrogens is 2. The highest BCUT2D eigenvalue weighted by Crippen LogP contribution is 2.32. The van der Waals surface area contributed by atoms with Gasteiger partial charge >= 0.3 is 0 Å². The van der Waals surface area contributed by atoms with Crippen LogP contribution in [0.4, 0.5) is 0 Å². The first-order chi connectivity index (χ1) is 17.7. The number of hydrogen-bond donors (Lipinski definition) is 1. The van der Waals surface area contributed by atoms with Crippen molar-refractivity contribution >= 4 is 34.1 Å². The smallest absolute Gasteiger partial charge is 0.298 e. The zero-order chi connectivity index (χ0) is 24.5. The molecule has 0 aliphatic carbocycles. The number of amides is 2. The van der Waals surface area contributed by atoms with E-state index in [1.54, 1.807) is 11.3 Å². The maximum atomic E-state index is 13.2. The van der Waals surface area contributed by atoms with Crippen molar-refractivity contribution in [3.63, 3.8) is 0 Å². The molecule has 0 radical (unpaired) electrons. The van der Waals surface area contributed by atoms with Crippen molar-refractivity contribution in [2.45, 2.75) is 31.7 Å². The van der Waals surface area contributed by atoms with E-state index in [0.717, 1.165) is 41.0 Å². The number of nitrogens with one attached hydrogen (secondary N) is 1. The summed E-state index contributed by atoms with van der Waals surface area (Å²) in [7, 11) is 0. The van der Waals surface area contributed by atoms with E-state index in [2.05, 4.69) is 35.0 Å². The van der Waals surface area contributed by atoms with Gasteiger partial charge in [0.25, 0.3) is 11.8 Å². The van der Waals surface area contributed by atoms with E-state index >= 15 is 0 Å². The second-order valence-electron chi connectivity index (χ2n) is 9.36. The predicted octanol–water partition coefficient (Wildman–Crippen LogP) is 4.58. The van der Waals surface area contributed by atoms with Crippen LogP contribution in [0.5, 0.6) is 0 Å². The second kappa shape index (κ2) is 9.63. The number of H-pyrrole nitrogens is 1. The molecule has 2 aliphatic rings. The van der Waals surface area contributed by atoms with Crippen LogP contribution in [0, 0.1) is 11.8 Å². The Morgan fingerprint density at radius 1 is 0.972 bits per heavy atom. The number of carbonyl (C=O) groups excluding carboxylic acids is 2. The Labute approximate surface area is 214 Å². The van der Waals surface area contributed by atoms with Gasteiger partial charge in [-0.2, -0.15) is 0 Å². The van der Waals surface area contributed by atoms with Crippen LogP contribution >= 0.6 is 11.3 Å². The zero-order valence-electron chi connectivity index (χ0n) is 19.9. The number of likely N-dealkylation sites (tertiary alicyclic amines) is 1. The van der Waals surface area contributed by atoms with Crippen LogP contribution in [0.2, 0.25) is 0 Å². The molecular formula is C29H26N4O2S. The highest BCUT2D eigenvalue weighted by Gasteiger charge is 2.29. The summed E-state index contributed by atoms with van der Waals surface area (Å²) in [6.07, 6.45) is 2.52. The summed E-state index contributed by atoms with van der Waals surface area (Å²) in [5.41, 5.74) is 4.95. The monoisotopic (exact) mass is 494 g/mol. The maximum absolute atomic E-state index is 13.2. The molecular weight excluding hydrogens is 468 g/mol. The van der Waals surface area contributed by atoms with Crippen molar-refractivity contribution in [3.8, 4) is 11.8 Å². The third kappa shape index (κ3) is 4.40. The van der Waals surface area contributed by atoms with Gasteiger partial charge in [-0.15, -0.1) is 11.3 Å². The average Bonchev–Trinajstić information content (AvgIpc) is 3.57. The van der Waals surface area contributed by atoms with Gasteiger partial charge in [-0.1, -0.05) is 42.3 Å². The molecule has 4 aromatic rings. The van der Waals surface area contributed by atoms with Gasteiger partial charge in [0.1, 0.15) is 5.69 Å². The van der Waals surface area contributed by atoms with Crippen molar-refractivity contribution in [2.75, 3.05) is 19.6 Å². The summed E-state index contributed by atoms with van der Waals surface area (Å²) in [5, 5.41) is 4.14. The molecule has 2 aromatic carbocycles. The standard InChI is InChI=1S/C29H26N4O2S/c34-27(11-10-20-6-2-1-3-7-20)32-15-12-21(13-16-32)28-31-26(19-36-28)29(35)33-17-14-23-22-8-4-5-9-24(22)30-25(23)18-33/h1-9,19,21,30H,12-18H2. The minimum atomic E-state index is -0.131. The van der Waals surface area contributed by atoms with E-state index < -0.39 is 0 Å². The highest BCUT2D eigenvalue weighted by molar-refractivity contribution is 7.09. The normalized spacial score (nSPS) is 15.9. The lowest BCUT2D eigenvalue weighted by Gasteiger charge is -2.29. The fourth-order valence-corrected chi connectivity index (χ4v) is 6.12. The summed E-state index contributed by atoms with van der Waals surface area (Å²) in [6.45, 7) is 2.60. The van der Waals surface area contributed by atoms with Crippen LogP contribution in [0.15, 0.2) is 60.0 Å². The zero-order valence-corrected chi connectivity index (χ0v) is 20.7. The van der Waals surface area contributed by atoms with Crippen LogP contribution in [0.1, 0.15) is 51.1 Å². The molecule has 1 fully saturated rings. The number of carbonyl (C=O) groups is 2. The minimum absolute atomic E-state index is 0.00870. The van der Waals surface area contributed by atoms with E-state index in [0.29, 0.717) is 31.9 Å². The van der Waals surface area contributed by atoms with Gasteiger partial charge in [0.15, 0.2) is 0 Å². The fraction of sp³-hybridized carbons (Fsp3) is 0.276. The number of piperidine rings is 1. The molecule has 6 rings (SSSR count). The van der Waals surface area contributed by atoms with Crippen LogP contribution < -0.4 is 0 Å². The maximum Gasteiger partial charge on any atom is 0.298 e. The Bertz CT molecular complexity index is 1490. The molecule has 7 heteroatoms. The number of rotatable bonds is 2. The van der Waals surface area contributed by atoms with Crippen molar-refractivity contribution in [1.29, 1.82) is 0 Å². The molecule has 4 heterocycles. The molecule has 0 bridgehead atoms. The van der Waals surface area contributed by atoms with Crippen molar-refractivity contribution in [1.82, 2.24) is 19.8 Å². The molecule has 1 saturated heterocycles. The number of benzene rings is 2. The first kappa shape index (κ1) is 22.6. The Kier molecular flexibility index (Phi) is 6.04. The fourth-order valence-electron chi connectivity index (χ4n) is 5.16. The van der Waals surface area contributed by atoms with Crippen molar-refractivity contribution in [2.24, 2.45) is 0 Å². The van der Waals surface area contributed by atoms with Crippen LogP contribution in [-0.2, 0) is 17.8 Å². The number of thiazole rings is 1. The summed E-state index contributed by atoms with van der Waals surface area (Å²) >= 11 is 1.56. The van der Waals surface area contributed by atoms with E-state index in [1.807, 2.05) is 51.6 Å². The van der Waals surface area contributed by atoms with E-state index in [-0.39, 0.29) is 17.7 Å². The lowest BCUT2D eigenvalue weighted by atomic mass is 9.97. The molecule has 2 aromatic heterocycles. The van der Waals surface area contributed by atoms with Crippen molar-refractivity contribution in [3.05, 3.63) is 87.5 Å². The lowest BCUT2D eigenvalue weighted by molar-refractivity contribution is -0.126. The van der Waals surface area contributed by atoms with Gasteiger partial charge in [-0.05, 0) is 43.0 Å². The lowest BCUT2D eigenvalue weighted by Crippen LogP contribution is -2.37. The number of hydrogen-bond acceptors (Lipinski definition) is 4. The van der Waals surface area contributed by atoms with Crippen LogP contribution in [0.25, 0.3) is 10.9 Å². The molecule has 0 unspecified atom stereocenters. The number of para-hydroxylation sites is 1. The Hall–Kier alpha value is -3.89. The Morgan fingerprint density at radius 2 is 1.75 bits per heavy atom. The Balaban J connectivity index is 1.07. The van der Waals surface area contributed by atoms with Crippen LogP contribution in [-0.4, -0.2) is 51.2 Å². The first-order valence-corrected chi connectivity index (χ1v) is 13.2. The number of fused-ring (bicyclic) bond motifs is 3. The van der Waals surface area contributed by atoms with Gasteiger partial charge in [-0.3, -0.25) is 9.59 Å². The number of nitrogens with zero attached hydrogens (tertiary/aromatic N) is 3. The molecule has 0 spiro atoms. The predicted molar refractivity (Wildman–Crippen MR) is 141 cm³/mol. The largest absolute Gasteiger partial charge is 0.357 e. The molecule has 36 heavy (non-hydrogen) atoms.